The Morgan fingerprint density at radius 1 is 1.32 bits per heavy atom. The van der Waals surface area contributed by atoms with Gasteiger partial charge in [-0.25, -0.2) is 0 Å². The van der Waals surface area contributed by atoms with Crippen molar-refractivity contribution in [3.8, 4) is 0 Å². The molecule has 0 saturated heterocycles. The number of anilines is 1. The smallest absolute Gasteiger partial charge is 0.264 e. The maximum Gasteiger partial charge on any atom is 0.264 e. The quantitative estimate of drug-likeness (QED) is 0.869. The molecule has 2 rings (SSSR count). The lowest BCUT2D eigenvalue weighted by Crippen LogP contribution is -2.30. The van der Waals surface area contributed by atoms with Gasteiger partial charge in [0.05, 0.1) is 4.88 Å². The van der Waals surface area contributed by atoms with Crippen molar-refractivity contribution in [1.82, 2.24) is 4.90 Å². The predicted molar refractivity (Wildman–Crippen MR) is 80.3 cm³/mol. The van der Waals surface area contributed by atoms with Gasteiger partial charge in [0.25, 0.3) is 5.91 Å². The molecule has 1 aromatic carbocycles. The second-order valence-corrected chi connectivity index (χ2v) is 5.37. The summed E-state index contributed by atoms with van der Waals surface area (Å²) in [6.45, 7) is 5.18. The molecule has 4 heteroatoms. The van der Waals surface area contributed by atoms with Crippen LogP contribution >= 0.6 is 11.3 Å². The molecule has 0 fully saturated rings. The number of benzene rings is 1. The zero-order chi connectivity index (χ0) is 13.8. The third kappa shape index (κ3) is 2.96. The van der Waals surface area contributed by atoms with Crippen LogP contribution in [0.4, 0.5) is 5.69 Å². The monoisotopic (exact) mass is 274 g/mol. The SMILES string of the molecule is CCN(Cc1ccccc1N)C(=O)c1sccc1C. The first kappa shape index (κ1) is 13.6. The molecule has 2 aromatic rings. The van der Waals surface area contributed by atoms with Crippen LogP contribution in [0, 0.1) is 6.92 Å². The topological polar surface area (TPSA) is 46.3 Å². The minimum absolute atomic E-state index is 0.0817. The fourth-order valence-corrected chi connectivity index (χ4v) is 2.84. The summed E-state index contributed by atoms with van der Waals surface area (Å²) < 4.78 is 0. The number of nitrogens with zero attached hydrogens (tertiary/aromatic N) is 1. The van der Waals surface area contributed by atoms with E-state index in [4.69, 9.17) is 5.73 Å². The van der Waals surface area contributed by atoms with E-state index >= 15 is 0 Å². The van der Waals surface area contributed by atoms with Crippen LogP contribution in [0.15, 0.2) is 35.7 Å². The maximum atomic E-state index is 12.5. The number of thiophene rings is 1. The molecule has 0 spiro atoms. The van der Waals surface area contributed by atoms with Gasteiger partial charge in [0.2, 0.25) is 0 Å². The summed E-state index contributed by atoms with van der Waals surface area (Å²) in [6, 6.07) is 9.65. The molecule has 1 amide bonds. The van der Waals surface area contributed by atoms with E-state index in [0.717, 1.165) is 21.7 Å². The Kier molecular flexibility index (Phi) is 4.22. The molecule has 0 radical (unpaired) electrons. The summed E-state index contributed by atoms with van der Waals surface area (Å²) in [5.74, 6) is 0.0817. The Bertz CT molecular complexity index is 577. The number of aryl methyl sites for hydroxylation is 1. The van der Waals surface area contributed by atoms with E-state index in [1.54, 1.807) is 0 Å². The molecule has 100 valence electrons. The van der Waals surface area contributed by atoms with Crippen molar-refractivity contribution in [2.45, 2.75) is 20.4 Å². The van der Waals surface area contributed by atoms with Crippen LogP contribution in [0.1, 0.15) is 27.7 Å². The molecule has 0 aliphatic heterocycles. The molecule has 1 aromatic heterocycles. The number of amides is 1. The van der Waals surface area contributed by atoms with Crippen molar-refractivity contribution in [1.29, 1.82) is 0 Å². The average Bonchev–Trinajstić information content (AvgIpc) is 2.83. The van der Waals surface area contributed by atoms with Crippen molar-refractivity contribution in [2.24, 2.45) is 0 Å². The highest BCUT2D eigenvalue weighted by Crippen LogP contribution is 2.20. The van der Waals surface area contributed by atoms with E-state index in [2.05, 4.69) is 0 Å². The van der Waals surface area contributed by atoms with E-state index in [0.29, 0.717) is 13.1 Å². The van der Waals surface area contributed by atoms with Crippen LogP contribution in [-0.4, -0.2) is 17.4 Å². The highest BCUT2D eigenvalue weighted by Gasteiger charge is 2.18. The summed E-state index contributed by atoms with van der Waals surface area (Å²) >= 11 is 1.49. The van der Waals surface area contributed by atoms with Gasteiger partial charge in [0.15, 0.2) is 0 Å². The van der Waals surface area contributed by atoms with Gasteiger partial charge < -0.3 is 10.6 Å². The molecule has 1 heterocycles. The number of carbonyl (C=O) groups excluding carboxylic acids is 1. The van der Waals surface area contributed by atoms with Crippen LogP contribution in [0.5, 0.6) is 0 Å². The van der Waals surface area contributed by atoms with Crippen LogP contribution in [0.3, 0.4) is 0 Å². The molecule has 0 bridgehead atoms. The summed E-state index contributed by atoms with van der Waals surface area (Å²) in [5.41, 5.74) is 8.70. The second kappa shape index (κ2) is 5.89. The van der Waals surface area contributed by atoms with Crippen LogP contribution in [0.25, 0.3) is 0 Å². The zero-order valence-electron chi connectivity index (χ0n) is 11.2. The molecular weight excluding hydrogens is 256 g/mol. The van der Waals surface area contributed by atoms with Crippen molar-refractivity contribution in [3.05, 3.63) is 51.7 Å². The van der Waals surface area contributed by atoms with Gasteiger partial charge >= 0.3 is 0 Å². The molecule has 0 unspecified atom stereocenters. The van der Waals surface area contributed by atoms with Gasteiger partial charge in [-0.1, -0.05) is 18.2 Å². The van der Waals surface area contributed by atoms with Crippen LogP contribution in [0.2, 0.25) is 0 Å². The molecule has 0 saturated carbocycles. The fourth-order valence-electron chi connectivity index (χ4n) is 1.95. The fraction of sp³-hybridized carbons (Fsp3) is 0.267. The second-order valence-electron chi connectivity index (χ2n) is 4.45. The minimum Gasteiger partial charge on any atom is -0.398 e. The molecule has 0 aliphatic carbocycles. The highest BCUT2D eigenvalue weighted by molar-refractivity contribution is 7.12. The highest BCUT2D eigenvalue weighted by atomic mass is 32.1. The Morgan fingerprint density at radius 3 is 2.63 bits per heavy atom. The number of hydrogen-bond donors (Lipinski definition) is 1. The van der Waals surface area contributed by atoms with Crippen molar-refractivity contribution in [2.75, 3.05) is 12.3 Å². The summed E-state index contributed by atoms with van der Waals surface area (Å²) in [7, 11) is 0. The first-order chi connectivity index (χ1) is 9.13. The normalized spacial score (nSPS) is 10.4. The average molecular weight is 274 g/mol. The minimum atomic E-state index is 0.0817. The summed E-state index contributed by atoms with van der Waals surface area (Å²) in [6.07, 6.45) is 0. The van der Waals surface area contributed by atoms with E-state index < -0.39 is 0 Å². The number of rotatable bonds is 4. The lowest BCUT2D eigenvalue weighted by atomic mass is 10.1. The largest absolute Gasteiger partial charge is 0.398 e. The molecule has 2 N–H and O–H groups in total. The third-order valence-electron chi connectivity index (χ3n) is 3.14. The molecular formula is C15H18N2OS. The zero-order valence-corrected chi connectivity index (χ0v) is 12.0. The number of para-hydroxylation sites is 1. The van der Waals surface area contributed by atoms with Gasteiger partial charge in [-0.15, -0.1) is 11.3 Å². The van der Waals surface area contributed by atoms with Crippen molar-refractivity contribution >= 4 is 22.9 Å². The number of hydrogen-bond acceptors (Lipinski definition) is 3. The lowest BCUT2D eigenvalue weighted by molar-refractivity contribution is 0.0757. The Hall–Kier alpha value is -1.81. The first-order valence-corrected chi connectivity index (χ1v) is 7.18. The van der Waals surface area contributed by atoms with E-state index in [9.17, 15) is 4.79 Å². The van der Waals surface area contributed by atoms with Crippen LogP contribution in [-0.2, 0) is 6.54 Å². The van der Waals surface area contributed by atoms with Crippen LogP contribution < -0.4 is 5.73 Å². The van der Waals surface area contributed by atoms with Crippen molar-refractivity contribution in [3.63, 3.8) is 0 Å². The first-order valence-electron chi connectivity index (χ1n) is 6.30. The number of carbonyl (C=O) groups is 1. The molecule has 0 atom stereocenters. The van der Waals surface area contributed by atoms with Gasteiger partial charge in [0, 0.05) is 18.8 Å². The predicted octanol–water partition coefficient (Wildman–Crippen LogP) is 3.30. The summed E-state index contributed by atoms with van der Waals surface area (Å²) in [5, 5.41) is 1.95. The Labute approximate surface area is 117 Å². The van der Waals surface area contributed by atoms with Gasteiger partial charge in [-0.05, 0) is 42.5 Å². The number of nitrogens with two attached hydrogens (primary N) is 1. The van der Waals surface area contributed by atoms with Gasteiger partial charge in [0.1, 0.15) is 0 Å². The van der Waals surface area contributed by atoms with Crippen molar-refractivity contribution < 1.29 is 4.79 Å². The summed E-state index contributed by atoms with van der Waals surface area (Å²) in [4.78, 5) is 15.1. The third-order valence-corrected chi connectivity index (χ3v) is 4.15. The number of nitrogen functional groups attached to an aromatic ring is 1. The maximum absolute atomic E-state index is 12.5. The van der Waals surface area contributed by atoms with E-state index in [-0.39, 0.29) is 5.91 Å². The Balaban J connectivity index is 2.20. The lowest BCUT2D eigenvalue weighted by Gasteiger charge is -2.21. The van der Waals surface area contributed by atoms with Gasteiger partial charge in [-0.2, -0.15) is 0 Å². The van der Waals surface area contributed by atoms with Gasteiger partial charge in [-0.3, -0.25) is 4.79 Å². The van der Waals surface area contributed by atoms with E-state index in [1.807, 2.05) is 54.5 Å². The standard InChI is InChI=1S/C15H18N2OS/c1-3-17(10-12-6-4-5-7-13(12)16)15(18)14-11(2)8-9-19-14/h4-9H,3,10,16H2,1-2H3. The molecule has 19 heavy (non-hydrogen) atoms. The molecule has 0 aliphatic rings. The molecule has 3 nitrogen and oxygen atoms in total. The van der Waals surface area contributed by atoms with E-state index in [1.165, 1.54) is 11.3 Å². The Morgan fingerprint density at radius 2 is 2.05 bits per heavy atom.